The normalized spacial score (nSPS) is 28.9. The number of phenols is 1. The van der Waals surface area contributed by atoms with Gasteiger partial charge in [0.25, 0.3) is 11.8 Å². The van der Waals surface area contributed by atoms with Crippen molar-refractivity contribution in [3.8, 4) is 11.5 Å². The van der Waals surface area contributed by atoms with E-state index in [1.807, 2.05) is 0 Å². The molecule has 0 aromatic heterocycles. The molecule has 1 N–H and O–H groups in total. The molecule has 6 atom stereocenters. The molecule has 2 saturated heterocycles. The minimum absolute atomic E-state index is 0.0144. The standard InChI is InChI=1S/C33H19Br2Cl2F5N2O6/c1-50-16-9-14(19(34)20(35)27(16)45)18-12-7-8-13-17(29(47)43(28(13)46)11-5-3-2-4-6-11)15(12)10-32(36)30(48)44(31(49)33(18,32)37)26-24(41)22(39)21(38)23(40)25(26)42/h2-7,9,13,15,17-18,45H,8,10H2,1H3. The average molecular weight is 865 g/mol. The van der Waals surface area contributed by atoms with Crippen LogP contribution in [-0.2, 0) is 19.2 Å². The van der Waals surface area contributed by atoms with Crippen LogP contribution in [0.2, 0.25) is 0 Å². The first-order chi connectivity index (χ1) is 23.5. The van der Waals surface area contributed by atoms with Gasteiger partial charge in [-0.1, -0.05) is 29.8 Å². The van der Waals surface area contributed by atoms with E-state index in [0.717, 1.165) is 4.90 Å². The summed E-state index contributed by atoms with van der Waals surface area (Å²) < 4.78 is 78.9. The minimum atomic E-state index is -2.75. The van der Waals surface area contributed by atoms with Crippen molar-refractivity contribution in [1.29, 1.82) is 0 Å². The molecular weight excluding hydrogens is 846 g/mol. The molecule has 3 fully saturated rings. The molecule has 3 aromatic carbocycles. The summed E-state index contributed by atoms with van der Waals surface area (Å²) >= 11 is 20.9. The first-order valence-electron chi connectivity index (χ1n) is 14.7. The van der Waals surface area contributed by atoms with Crippen LogP contribution in [0.4, 0.5) is 33.3 Å². The Morgan fingerprint density at radius 3 is 2.04 bits per heavy atom. The number of hydrogen-bond donors (Lipinski definition) is 1. The van der Waals surface area contributed by atoms with E-state index in [4.69, 9.17) is 27.9 Å². The van der Waals surface area contributed by atoms with E-state index >= 15 is 8.78 Å². The number of halogens is 9. The number of hydrogen-bond acceptors (Lipinski definition) is 6. The number of nitrogens with zero attached hydrogens (tertiary/aromatic N) is 2. The van der Waals surface area contributed by atoms with Gasteiger partial charge in [-0.05, 0) is 74.4 Å². The fourth-order valence-electron chi connectivity index (χ4n) is 7.72. The Kier molecular flexibility index (Phi) is 8.20. The quantitative estimate of drug-likeness (QED) is 0.0734. The molecule has 1 saturated carbocycles. The number of alkyl halides is 2. The minimum Gasteiger partial charge on any atom is -0.503 e. The van der Waals surface area contributed by atoms with Crippen LogP contribution >= 0.6 is 55.1 Å². The van der Waals surface area contributed by atoms with Crippen molar-refractivity contribution in [2.24, 2.45) is 17.8 Å². The van der Waals surface area contributed by atoms with Gasteiger partial charge in [-0.15, -0.1) is 23.2 Å². The Balaban J connectivity index is 1.48. The lowest BCUT2D eigenvalue weighted by Gasteiger charge is -2.51. The van der Waals surface area contributed by atoms with E-state index in [2.05, 4.69) is 31.9 Å². The predicted octanol–water partition coefficient (Wildman–Crippen LogP) is 7.39. The maximum Gasteiger partial charge on any atom is 0.258 e. The summed E-state index contributed by atoms with van der Waals surface area (Å²) in [6, 6.07) is 9.29. The van der Waals surface area contributed by atoms with E-state index in [-0.39, 0.29) is 42.8 Å². The number of rotatable bonds is 4. The molecule has 4 aliphatic rings. The van der Waals surface area contributed by atoms with Crippen LogP contribution < -0.4 is 14.5 Å². The van der Waals surface area contributed by atoms with Crippen molar-refractivity contribution in [3.63, 3.8) is 0 Å². The van der Waals surface area contributed by atoms with Crippen LogP contribution in [0.3, 0.4) is 0 Å². The zero-order valence-corrected chi connectivity index (χ0v) is 29.7. The fourth-order valence-corrected chi connectivity index (χ4v) is 9.60. The van der Waals surface area contributed by atoms with E-state index in [9.17, 15) is 37.5 Å². The zero-order valence-electron chi connectivity index (χ0n) is 25.0. The third kappa shape index (κ3) is 4.32. The van der Waals surface area contributed by atoms with Gasteiger partial charge < -0.3 is 9.84 Å². The van der Waals surface area contributed by atoms with E-state index in [1.54, 1.807) is 36.4 Å². The van der Waals surface area contributed by atoms with Gasteiger partial charge in [0.1, 0.15) is 5.69 Å². The number of fused-ring (bicyclic) bond motifs is 4. The number of methoxy groups -OCH3 is 1. The molecule has 50 heavy (non-hydrogen) atoms. The van der Waals surface area contributed by atoms with E-state index in [0.29, 0.717) is 0 Å². The summed E-state index contributed by atoms with van der Waals surface area (Å²) in [4.78, 5) is 52.0. The lowest BCUT2D eigenvalue weighted by molar-refractivity contribution is -0.125. The molecule has 2 heterocycles. The Hall–Kier alpha value is -3.53. The summed E-state index contributed by atoms with van der Waals surface area (Å²) in [5.74, 6) is -22.2. The number of carbonyl (C=O) groups is 4. The smallest absolute Gasteiger partial charge is 0.258 e. The van der Waals surface area contributed by atoms with Crippen molar-refractivity contribution in [1.82, 2.24) is 0 Å². The molecule has 7 rings (SSSR count). The lowest BCUT2D eigenvalue weighted by atomic mass is 9.56. The number of para-hydroxylation sites is 1. The first-order valence-corrected chi connectivity index (χ1v) is 17.0. The average Bonchev–Trinajstić information content (AvgIpc) is 3.44. The Labute approximate surface area is 306 Å². The highest BCUT2D eigenvalue weighted by molar-refractivity contribution is 9.13. The van der Waals surface area contributed by atoms with Crippen LogP contribution in [0, 0.1) is 46.8 Å². The number of allylic oxidation sites excluding steroid dienone is 2. The second kappa shape index (κ2) is 11.8. The SMILES string of the molecule is COc1cc(C2C3=CCC4C(=O)N(c5ccccc5)C(=O)C4C3CC3(Cl)C(=O)N(c4c(F)c(F)c(F)c(F)c4F)C(=O)C23Cl)c(Br)c(Br)c1O. The van der Waals surface area contributed by atoms with Gasteiger partial charge >= 0.3 is 0 Å². The van der Waals surface area contributed by atoms with Crippen molar-refractivity contribution in [2.75, 3.05) is 16.9 Å². The molecular formula is C33H19Br2Cl2F5N2O6. The maximum absolute atomic E-state index is 15.3. The number of imide groups is 2. The van der Waals surface area contributed by atoms with Gasteiger partial charge in [-0.25, -0.2) is 26.9 Å². The summed E-state index contributed by atoms with van der Waals surface area (Å²) in [5, 5.41) is 10.7. The number of ether oxygens (including phenoxy) is 1. The summed E-state index contributed by atoms with van der Waals surface area (Å²) in [6.45, 7) is 0. The second-order valence-corrected chi connectivity index (χ2v) is 15.0. The van der Waals surface area contributed by atoms with Gasteiger partial charge in [-0.3, -0.25) is 24.1 Å². The molecule has 8 nitrogen and oxygen atoms in total. The number of phenolic OH excluding ortho intramolecular Hbond substituents is 1. The number of amides is 4. The van der Waals surface area contributed by atoms with E-state index in [1.165, 1.54) is 13.2 Å². The number of carbonyl (C=O) groups excluding carboxylic acids is 4. The van der Waals surface area contributed by atoms with Crippen molar-refractivity contribution in [3.05, 3.63) is 91.6 Å². The predicted molar refractivity (Wildman–Crippen MR) is 175 cm³/mol. The van der Waals surface area contributed by atoms with Gasteiger partial charge in [-0.2, -0.15) is 0 Å². The summed E-state index contributed by atoms with van der Waals surface area (Å²) in [5.41, 5.74) is -1.35. The lowest BCUT2D eigenvalue weighted by Crippen LogP contribution is -2.60. The van der Waals surface area contributed by atoms with E-state index < -0.39 is 104 Å². The second-order valence-electron chi connectivity index (χ2n) is 12.2. The monoisotopic (exact) mass is 862 g/mol. The van der Waals surface area contributed by atoms with Gasteiger partial charge in [0, 0.05) is 10.4 Å². The van der Waals surface area contributed by atoms with Gasteiger partial charge in [0.15, 0.2) is 44.5 Å². The molecule has 6 unspecified atom stereocenters. The third-order valence-electron chi connectivity index (χ3n) is 9.94. The Morgan fingerprint density at radius 1 is 0.840 bits per heavy atom. The highest BCUT2D eigenvalue weighted by Gasteiger charge is 2.77. The highest BCUT2D eigenvalue weighted by Crippen LogP contribution is 2.67. The number of benzene rings is 3. The molecule has 3 aromatic rings. The molecule has 17 heteroatoms. The molecule has 2 aliphatic heterocycles. The zero-order chi connectivity index (χ0) is 36.4. The van der Waals surface area contributed by atoms with Gasteiger partial charge in [0.05, 0.1) is 29.1 Å². The Morgan fingerprint density at radius 2 is 1.44 bits per heavy atom. The molecule has 0 spiro atoms. The van der Waals surface area contributed by atoms with Crippen molar-refractivity contribution in [2.45, 2.75) is 28.5 Å². The van der Waals surface area contributed by atoms with Crippen LogP contribution in [0.1, 0.15) is 24.3 Å². The largest absolute Gasteiger partial charge is 0.503 e. The van der Waals surface area contributed by atoms with Crippen LogP contribution in [-0.4, -0.2) is 45.6 Å². The van der Waals surface area contributed by atoms with Crippen LogP contribution in [0.5, 0.6) is 11.5 Å². The molecule has 0 bridgehead atoms. The Bertz CT molecular complexity index is 2100. The van der Waals surface area contributed by atoms with Crippen LogP contribution in [0.25, 0.3) is 0 Å². The van der Waals surface area contributed by atoms with Crippen molar-refractivity contribution < 1.29 is 51.0 Å². The molecule has 260 valence electrons. The van der Waals surface area contributed by atoms with Crippen molar-refractivity contribution >= 4 is 90.1 Å². The number of anilines is 2. The molecule has 2 aliphatic carbocycles. The van der Waals surface area contributed by atoms with Gasteiger partial charge in [0.2, 0.25) is 17.6 Å². The summed E-state index contributed by atoms with van der Waals surface area (Å²) in [7, 11) is 1.21. The molecule has 0 radical (unpaired) electrons. The highest BCUT2D eigenvalue weighted by atomic mass is 79.9. The number of aromatic hydroxyl groups is 1. The topological polar surface area (TPSA) is 104 Å². The maximum atomic E-state index is 15.3. The third-order valence-corrected chi connectivity index (χ3v) is 13.5. The van der Waals surface area contributed by atoms with Crippen LogP contribution in [0.15, 0.2) is 57.0 Å². The fraction of sp³-hybridized carbons (Fsp3) is 0.273. The molecule has 4 amide bonds. The summed E-state index contributed by atoms with van der Waals surface area (Å²) in [6.07, 6.45) is 0.865. The first kappa shape index (κ1) is 34.9.